The minimum Gasteiger partial charge on any atom is -0.347 e. The highest BCUT2D eigenvalue weighted by Gasteiger charge is 2.29. The molecule has 2 aromatic rings. The first-order chi connectivity index (χ1) is 12.7. The summed E-state index contributed by atoms with van der Waals surface area (Å²) >= 11 is 0. The molecule has 0 atom stereocenters. The molecule has 27 heavy (non-hydrogen) atoms. The summed E-state index contributed by atoms with van der Waals surface area (Å²) < 4.78 is 28.0. The first kappa shape index (κ1) is 19.4. The molecule has 3 rings (SSSR count). The maximum Gasteiger partial charge on any atom is 0.264 e. The van der Waals surface area contributed by atoms with E-state index in [9.17, 15) is 13.2 Å². The number of sulfonamides is 1. The van der Waals surface area contributed by atoms with E-state index in [1.807, 2.05) is 45.0 Å². The van der Waals surface area contributed by atoms with Crippen LogP contribution in [0.15, 0.2) is 53.4 Å². The standard InChI is InChI=1S/C21H26N2O3S/c1-4-21(2,3)22-20(24)17-10-7-12-18(15-17)27(25,26)23-14-8-11-16-9-5-6-13-19(16)23/h5-7,9-10,12-13,15H,4,8,11,14H2,1-3H3,(H,22,24). The number of carbonyl (C=O) groups is 1. The van der Waals surface area contributed by atoms with E-state index in [1.165, 1.54) is 10.4 Å². The lowest BCUT2D eigenvalue weighted by molar-refractivity contribution is 0.0911. The Labute approximate surface area is 161 Å². The van der Waals surface area contributed by atoms with Gasteiger partial charge in [-0.2, -0.15) is 0 Å². The number of benzene rings is 2. The lowest BCUT2D eigenvalue weighted by Gasteiger charge is -2.30. The van der Waals surface area contributed by atoms with E-state index in [0.717, 1.165) is 30.5 Å². The van der Waals surface area contributed by atoms with Crippen molar-refractivity contribution in [1.29, 1.82) is 0 Å². The van der Waals surface area contributed by atoms with Gasteiger partial charge in [-0.05, 0) is 62.9 Å². The minimum absolute atomic E-state index is 0.140. The molecule has 0 saturated carbocycles. The molecule has 1 aliphatic rings. The lowest BCUT2D eigenvalue weighted by atomic mass is 10.0. The molecule has 0 unspecified atom stereocenters. The van der Waals surface area contributed by atoms with Crippen LogP contribution in [0.1, 0.15) is 49.5 Å². The Morgan fingerprint density at radius 3 is 2.63 bits per heavy atom. The van der Waals surface area contributed by atoms with Crippen LogP contribution in [0.25, 0.3) is 0 Å². The van der Waals surface area contributed by atoms with Crippen LogP contribution in [0, 0.1) is 0 Å². The van der Waals surface area contributed by atoms with Crippen LogP contribution in [-0.2, 0) is 16.4 Å². The number of rotatable bonds is 5. The second-order valence-corrected chi connectivity index (χ2v) is 9.39. The van der Waals surface area contributed by atoms with Gasteiger partial charge < -0.3 is 5.32 Å². The van der Waals surface area contributed by atoms with Crippen LogP contribution in [0.5, 0.6) is 0 Å². The smallest absolute Gasteiger partial charge is 0.264 e. The molecule has 2 aromatic carbocycles. The number of nitrogens with one attached hydrogen (secondary N) is 1. The van der Waals surface area contributed by atoms with Crippen molar-refractivity contribution in [3.05, 3.63) is 59.7 Å². The number of nitrogens with zero attached hydrogens (tertiary/aromatic N) is 1. The van der Waals surface area contributed by atoms with E-state index in [1.54, 1.807) is 18.2 Å². The lowest BCUT2D eigenvalue weighted by Crippen LogP contribution is -2.42. The third-order valence-corrected chi connectivity index (χ3v) is 6.90. The fourth-order valence-electron chi connectivity index (χ4n) is 3.14. The van der Waals surface area contributed by atoms with E-state index in [-0.39, 0.29) is 16.3 Å². The number of carbonyl (C=O) groups excluding carboxylic acids is 1. The Bertz CT molecular complexity index is 951. The number of hydrogen-bond donors (Lipinski definition) is 1. The number of amides is 1. The molecule has 0 aliphatic carbocycles. The monoisotopic (exact) mass is 386 g/mol. The van der Waals surface area contributed by atoms with Crippen molar-refractivity contribution in [1.82, 2.24) is 5.32 Å². The van der Waals surface area contributed by atoms with Crippen molar-refractivity contribution < 1.29 is 13.2 Å². The van der Waals surface area contributed by atoms with Gasteiger partial charge in [-0.15, -0.1) is 0 Å². The number of para-hydroxylation sites is 1. The van der Waals surface area contributed by atoms with Crippen LogP contribution in [0.4, 0.5) is 5.69 Å². The Balaban J connectivity index is 1.94. The van der Waals surface area contributed by atoms with E-state index in [0.29, 0.717) is 12.1 Å². The van der Waals surface area contributed by atoms with Gasteiger partial charge in [0.2, 0.25) is 0 Å². The Morgan fingerprint density at radius 1 is 1.15 bits per heavy atom. The zero-order valence-electron chi connectivity index (χ0n) is 16.0. The van der Waals surface area contributed by atoms with Crippen LogP contribution in [-0.4, -0.2) is 26.4 Å². The van der Waals surface area contributed by atoms with Gasteiger partial charge in [0.05, 0.1) is 10.6 Å². The van der Waals surface area contributed by atoms with Crippen molar-refractivity contribution in [3.8, 4) is 0 Å². The van der Waals surface area contributed by atoms with Gasteiger partial charge in [0.25, 0.3) is 15.9 Å². The minimum atomic E-state index is -3.73. The zero-order valence-corrected chi connectivity index (χ0v) is 16.8. The summed E-state index contributed by atoms with van der Waals surface area (Å²) in [6, 6.07) is 13.9. The van der Waals surface area contributed by atoms with E-state index in [4.69, 9.17) is 0 Å². The molecule has 1 aliphatic heterocycles. The average molecular weight is 387 g/mol. The summed E-state index contributed by atoms with van der Waals surface area (Å²) in [5.41, 5.74) is 1.76. The highest BCUT2D eigenvalue weighted by molar-refractivity contribution is 7.92. The molecular formula is C21H26N2O3S. The summed E-state index contributed by atoms with van der Waals surface area (Å²) in [5.74, 6) is -0.266. The number of fused-ring (bicyclic) bond motifs is 1. The van der Waals surface area contributed by atoms with Crippen LogP contribution in [0.2, 0.25) is 0 Å². The fourth-order valence-corrected chi connectivity index (χ4v) is 4.73. The van der Waals surface area contributed by atoms with Crippen molar-refractivity contribution in [2.75, 3.05) is 10.8 Å². The number of anilines is 1. The molecule has 0 saturated heterocycles. The topological polar surface area (TPSA) is 66.5 Å². The second kappa shape index (κ2) is 7.35. The van der Waals surface area contributed by atoms with E-state index >= 15 is 0 Å². The molecule has 0 radical (unpaired) electrons. The van der Waals surface area contributed by atoms with E-state index < -0.39 is 10.0 Å². The Morgan fingerprint density at radius 2 is 1.89 bits per heavy atom. The third kappa shape index (κ3) is 4.00. The summed E-state index contributed by atoms with van der Waals surface area (Å²) in [6.45, 7) is 6.32. The maximum absolute atomic E-state index is 13.3. The molecule has 1 amide bonds. The summed E-state index contributed by atoms with van der Waals surface area (Å²) in [4.78, 5) is 12.7. The van der Waals surface area contributed by atoms with Crippen LogP contribution < -0.4 is 9.62 Å². The number of aryl methyl sites for hydroxylation is 1. The third-order valence-electron chi connectivity index (χ3n) is 5.09. The molecule has 0 bridgehead atoms. The molecule has 0 aromatic heterocycles. The highest BCUT2D eigenvalue weighted by Crippen LogP contribution is 2.32. The van der Waals surface area contributed by atoms with Crippen LogP contribution in [0.3, 0.4) is 0 Å². The largest absolute Gasteiger partial charge is 0.347 e. The summed E-state index contributed by atoms with van der Waals surface area (Å²) in [7, 11) is -3.73. The van der Waals surface area contributed by atoms with Crippen molar-refractivity contribution in [3.63, 3.8) is 0 Å². The Hall–Kier alpha value is -2.34. The fraction of sp³-hybridized carbons (Fsp3) is 0.381. The Kier molecular flexibility index (Phi) is 5.29. The second-order valence-electron chi connectivity index (χ2n) is 7.53. The molecule has 144 valence electrons. The van der Waals surface area contributed by atoms with Crippen molar-refractivity contribution >= 4 is 21.6 Å². The van der Waals surface area contributed by atoms with Crippen molar-refractivity contribution in [2.45, 2.75) is 50.5 Å². The normalized spacial score (nSPS) is 14.6. The first-order valence-corrected chi connectivity index (χ1v) is 10.7. The van der Waals surface area contributed by atoms with Gasteiger partial charge in [-0.1, -0.05) is 31.2 Å². The molecule has 5 nitrogen and oxygen atoms in total. The maximum atomic E-state index is 13.3. The molecule has 1 heterocycles. The van der Waals surface area contributed by atoms with Gasteiger partial charge >= 0.3 is 0 Å². The quantitative estimate of drug-likeness (QED) is 0.851. The highest BCUT2D eigenvalue weighted by atomic mass is 32.2. The molecule has 1 N–H and O–H groups in total. The van der Waals surface area contributed by atoms with Gasteiger partial charge in [-0.3, -0.25) is 9.10 Å². The SMILES string of the molecule is CCC(C)(C)NC(=O)c1cccc(S(=O)(=O)N2CCCc3ccccc32)c1. The summed E-state index contributed by atoms with van der Waals surface area (Å²) in [6.07, 6.45) is 2.43. The van der Waals surface area contributed by atoms with Crippen LogP contribution >= 0.6 is 0 Å². The van der Waals surface area contributed by atoms with E-state index in [2.05, 4.69) is 5.32 Å². The van der Waals surface area contributed by atoms with Crippen molar-refractivity contribution in [2.24, 2.45) is 0 Å². The predicted octanol–water partition coefficient (Wildman–Crippen LogP) is 3.75. The van der Waals surface area contributed by atoms with Gasteiger partial charge in [0.1, 0.15) is 0 Å². The van der Waals surface area contributed by atoms with Gasteiger partial charge in [-0.25, -0.2) is 8.42 Å². The molecule has 0 fully saturated rings. The van der Waals surface area contributed by atoms with Gasteiger partial charge in [0, 0.05) is 17.6 Å². The van der Waals surface area contributed by atoms with Gasteiger partial charge in [0.15, 0.2) is 0 Å². The molecule has 0 spiro atoms. The molecule has 6 heteroatoms. The number of hydrogen-bond acceptors (Lipinski definition) is 3. The first-order valence-electron chi connectivity index (χ1n) is 9.28. The zero-order chi connectivity index (χ0) is 19.7. The molecular weight excluding hydrogens is 360 g/mol. The average Bonchev–Trinajstić information content (AvgIpc) is 2.67. The predicted molar refractivity (Wildman–Crippen MR) is 108 cm³/mol. The summed E-state index contributed by atoms with van der Waals surface area (Å²) in [5, 5.41) is 2.95.